The number of alkyl halides is 3. The molecule has 0 aliphatic heterocycles. The van der Waals surface area contributed by atoms with Gasteiger partial charge in [0.2, 0.25) is 5.91 Å². The minimum absolute atomic E-state index is 0.142. The molecule has 2 aromatic carbocycles. The Bertz CT molecular complexity index is 1420. The second kappa shape index (κ2) is 8.29. The van der Waals surface area contributed by atoms with Crippen molar-refractivity contribution in [3.63, 3.8) is 0 Å². The summed E-state index contributed by atoms with van der Waals surface area (Å²) < 4.78 is 40.5. The van der Waals surface area contributed by atoms with Gasteiger partial charge in [0.05, 0.1) is 16.8 Å². The van der Waals surface area contributed by atoms with E-state index >= 15 is 0 Å². The summed E-state index contributed by atoms with van der Waals surface area (Å²) in [6.45, 7) is -0.443. The fourth-order valence-electron chi connectivity index (χ4n) is 3.14. The zero-order chi connectivity index (χ0) is 23.0. The normalized spacial score (nSPS) is 11.6. The highest BCUT2D eigenvalue weighted by molar-refractivity contribution is 7.17. The summed E-state index contributed by atoms with van der Waals surface area (Å²) in [5.74, 6) is -0.638. The fourth-order valence-corrected chi connectivity index (χ4v) is 4.09. The topological polar surface area (TPSA) is 73.1 Å². The Balaban J connectivity index is 1.69. The van der Waals surface area contributed by atoms with Crippen molar-refractivity contribution >= 4 is 44.7 Å². The monoisotopic (exact) mass is 479 g/mol. The van der Waals surface area contributed by atoms with E-state index in [1.54, 1.807) is 11.4 Å². The summed E-state index contributed by atoms with van der Waals surface area (Å²) in [5, 5.41) is 4.52. The van der Waals surface area contributed by atoms with Crippen LogP contribution in [0.4, 0.5) is 18.9 Å². The van der Waals surface area contributed by atoms with Gasteiger partial charge in [-0.1, -0.05) is 11.6 Å². The molecule has 2 heterocycles. The molecule has 0 saturated carbocycles. The van der Waals surface area contributed by atoms with Crippen molar-refractivity contribution in [2.45, 2.75) is 12.7 Å². The van der Waals surface area contributed by atoms with Gasteiger partial charge in [-0.05, 0) is 60.0 Å². The summed E-state index contributed by atoms with van der Waals surface area (Å²) >= 11 is 7.01. The van der Waals surface area contributed by atoms with Crippen LogP contribution < -0.4 is 16.6 Å². The molecule has 0 aliphatic carbocycles. The highest BCUT2D eigenvalue weighted by atomic mass is 35.5. The molecule has 0 unspecified atom stereocenters. The van der Waals surface area contributed by atoms with Crippen LogP contribution in [0.25, 0.3) is 15.9 Å². The second-order valence-corrected chi connectivity index (χ2v) is 8.10. The summed E-state index contributed by atoms with van der Waals surface area (Å²) in [7, 11) is 0. The van der Waals surface area contributed by atoms with Crippen molar-refractivity contribution in [2.75, 3.05) is 5.32 Å². The van der Waals surface area contributed by atoms with Crippen molar-refractivity contribution in [3.8, 4) is 5.69 Å². The first kappa shape index (κ1) is 21.8. The van der Waals surface area contributed by atoms with Crippen LogP contribution >= 0.6 is 22.9 Å². The molecular weight excluding hydrogens is 467 g/mol. The summed E-state index contributed by atoms with van der Waals surface area (Å²) in [6, 6.07) is 11.6. The molecule has 0 atom stereocenters. The molecule has 1 N–H and O–H groups in total. The standard InChI is InChI=1S/C21H13ClF3N3O3S/c22-13-3-7-15(8-4-13)28-19(30)18-16(9-10-32-18)27(20(28)31)11-17(29)26-14-5-1-12(2-6-14)21(23,24)25/h1-10H,11H2,(H,26,29). The largest absolute Gasteiger partial charge is 0.416 e. The quantitative estimate of drug-likeness (QED) is 0.467. The number of hydrogen-bond donors (Lipinski definition) is 1. The number of amides is 1. The van der Waals surface area contributed by atoms with E-state index in [1.165, 1.54) is 24.3 Å². The van der Waals surface area contributed by atoms with Gasteiger partial charge in [-0.3, -0.25) is 14.2 Å². The molecule has 0 bridgehead atoms. The fraction of sp³-hybridized carbons (Fsp3) is 0.0952. The van der Waals surface area contributed by atoms with E-state index in [0.29, 0.717) is 5.02 Å². The smallest absolute Gasteiger partial charge is 0.325 e. The number of thiophene rings is 1. The van der Waals surface area contributed by atoms with Gasteiger partial charge in [0.25, 0.3) is 5.56 Å². The van der Waals surface area contributed by atoms with Gasteiger partial charge in [-0.25, -0.2) is 9.36 Å². The third-order valence-electron chi connectivity index (χ3n) is 4.64. The zero-order valence-electron chi connectivity index (χ0n) is 16.0. The minimum atomic E-state index is -4.49. The first-order valence-electron chi connectivity index (χ1n) is 9.11. The summed E-state index contributed by atoms with van der Waals surface area (Å²) in [6.07, 6.45) is -4.49. The van der Waals surface area contributed by atoms with Crippen molar-refractivity contribution < 1.29 is 18.0 Å². The molecule has 2 aromatic heterocycles. The predicted octanol–water partition coefficient (Wildman–Crippen LogP) is 4.52. The van der Waals surface area contributed by atoms with Crippen LogP contribution in [0, 0.1) is 0 Å². The summed E-state index contributed by atoms with van der Waals surface area (Å²) in [5.41, 5.74) is -1.38. The Morgan fingerprint density at radius 1 is 1.00 bits per heavy atom. The molecule has 0 radical (unpaired) electrons. The maximum atomic E-state index is 13.1. The Hall–Kier alpha value is -3.37. The van der Waals surface area contributed by atoms with Crippen molar-refractivity contribution in [2.24, 2.45) is 0 Å². The lowest BCUT2D eigenvalue weighted by molar-refractivity contribution is -0.137. The van der Waals surface area contributed by atoms with E-state index in [1.807, 2.05) is 0 Å². The number of nitrogens with zero attached hydrogens (tertiary/aromatic N) is 2. The van der Waals surface area contributed by atoms with Gasteiger partial charge in [-0.2, -0.15) is 13.2 Å². The van der Waals surface area contributed by atoms with Crippen LogP contribution in [-0.4, -0.2) is 15.0 Å². The molecule has 1 amide bonds. The molecule has 4 aromatic rings. The van der Waals surface area contributed by atoms with Gasteiger partial charge in [0.15, 0.2) is 0 Å². The third-order valence-corrected chi connectivity index (χ3v) is 5.78. The first-order chi connectivity index (χ1) is 15.1. The molecule has 11 heteroatoms. The molecular formula is C21H13ClF3N3O3S. The van der Waals surface area contributed by atoms with Gasteiger partial charge < -0.3 is 5.32 Å². The third kappa shape index (κ3) is 4.19. The van der Waals surface area contributed by atoms with Crippen molar-refractivity contribution in [1.29, 1.82) is 0 Å². The zero-order valence-corrected chi connectivity index (χ0v) is 17.6. The van der Waals surface area contributed by atoms with Gasteiger partial charge in [-0.15, -0.1) is 11.3 Å². The van der Waals surface area contributed by atoms with Gasteiger partial charge in [0, 0.05) is 10.7 Å². The van der Waals surface area contributed by atoms with Crippen LogP contribution in [0.1, 0.15) is 5.56 Å². The molecule has 0 spiro atoms. The molecule has 164 valence electrons. The maximum Gasteiger partial charge on any atom is 0.416 e. The van der Waals surface area contributed by atoms with E-state index in [9.17, 15) is 27.6 Å². The number of nitrogens with one attached hydrogen (secondary N) is 1. The molecule has 0 fully saturated rings. The van der Waals surface area contributed by atoms with Crippen LogP contribution in [0.2, 0.25) is 5.02 Å². The molecule has 0 aliphatic rings. The van der Waals surface area contributed by atoms with E-state index < -0.39 is 35.4 Å². The number of carbonyl (C=O) groups excluding carboxylic acids is 1. The lowest BCUT2D eigenvalue weighted by atomic mass is 10.2. The minimum Gasteiger partial charge on any atom is -0.325 e. The van der Waals surface area contributed by atoms with E-state index in [2.05, 4.69) is 5.32 Å². The number of benzene rings is 2. The SMILES string of the molecule is O=C(Cn1c(=O)n(-c2ccc(Cl)cc2)c(=O)c2sccc21)Nc1ccc(C(F)(F)F)cc1. The molecule has 4 rings (SSSR count). The average Bonchev–Trinajstić information content (AvgIpc) is 3.22. The van der Waals surface area contributed by atoms with E-state index in [4.69, 9.17) is 11.6 Å². The number of fused-ring (bicyclic) bond motifs is 1. The second-order valence-electron chi connectivity index (χ2n) is 6.74. The predicted molar refractivity (Wildman–Crippen MR) is 117 cm³/mol. The average molecular weight is 480 g/mol. The number of aromatic nitrogens is 2. The molecule has 0 saturated heterocycles. The van der Waals surface area contributed by atoms with Crippen LogP contribution in [0.15, 0.2) is 69.6 Å². The van der Waals surface area contributed by atoms with Crippen molar-refractivity contribution in [1.82, 2.24) is 9.13 Å². The highest BCUT2D eigenvalue weighted by Crippen LogP contribution is 2.29. The van der Waals surface area contributed by atoms with Gasteiger partial charge in [0.1, 0.15) is 11.2 Å². The number of carbonyl (C=O) groups is 1. The van der Waals surface area contributed by atoms with Crippen LogP contribution in [-0.2, 0) is 17.5 Å². The number of anilines is 1. The van der Waals surface area contributed by atoms with Crippen LogP contribution in [0.5, 0.6) is 0 Å². The Morgan fingerprint density at radius 2 is 1.66 bits per heavy atom. The Labute approximate surface area is 187 Å². The Kier molecular flexibility index (Phi) is 5.66. The maximum absolute atomic E-state index is 13.1. The first-order valence-corrected chi connectivity index (χ1v) is 10.4. The van der Waals surface area contributed by atoms with Crippen molar-refractivity contribution in [3.05, 3.63) is 91.4 Å². The number of halogens is 4. The van der Waals surface area contributed by atoms with Gasteiger partial charge >= 0.3 is 11.9 Å². The Morgan fingerprint density at radius 3 is 2.28 bits per heavy atom. The van der Waals surface area contributed by atoms with E-state index in [0.717, 1.165) is 44.7 Å². The number of rotatable bonds is 4. The summed E-state index contributed by atoms with van der Waals surface area (Å²) in [4.78, 5) is 38.6. The highest BCUT2D eigenvalue weighted by Gasteiger charge is 2.30. The lowest BCUT2D eigenvalue weighted by Gasteiger charge is -2.13. The van der Waals surface area contributed by atoms with E-state index in [-0.39, 0.29) is 21.6 Å². The number of hydrogen-bond acceptors (Lipinski definition) is 4. The molecule has 32 heavy (non-hydrogen) atoms. The molecule has 6 nitrogen and oxygen atoms in total. The van der Waals surface area contributed by atoms with Crippen LogP contribution in [0.3, 0.4) is 0 Å². The lowest BCUT2D eigenvalue weighted by Crippen LogP contribution is -2.40.